The van der Waals surface area contributed by atoms with Gasteiger partial charge in [0.1, 0.15) is 6.61 Å². The fraction of sp³-hybridized carbons (Fsp3) is 0.579. The van der Waals surface area contributed by atoms with Crippen LogP contribution in [0.3, 0.4) is 0 Å². The van der Waals surface area contributed by atoms with Crippen LogP contribution in [0.4, 0.5) is 0 Å². The van der Waals surface area contributed by atoms with E-state index in [4.69, 9.17) is 9.78 Å². The van der Waals surface area contributed by atoms with Crippen molar-refractivity contribution >= 4 is 0 Å². The predicted molar refractivity (Wildman–Crippen MR) is 85.0 cm³/mol. The van der Waals surface area contributed by atoms with E-state index in [1.165, 1.54) is 29.5 Å². The lowest BCUT2D eigenvalue weighted by molar-refractivity contribution is -0.491. The molecule has 0 aromatic heterocycles. The maximum atomic E-state index is 5.62. The number of allylic oxidation sites excluding steroid dienone is 2. The molecule has 0 bridgehead atoms. The zero-order chi connectivity index (χ0) is 14.9. The van der Waals surface area contributed by atoms with Crippen LogP contribution < -0.4 is 0 Å². The molecule has 0 radical (unpaired) electrons. The van der Waals surface area contributed by atoms with E-state index in [9.17, 15) is 0 Å². The normalized spacial score (nSPS) is 26.0. The molecule has 3 rings (SSSR count). The highest BCUT2D eigenvalue weighted by atomic mass is 17.2. The van der Waals surface area contributed by atoms with Crippen LogP contribution in [0.1, 0.15) is 63.5 Å². The Kier molecular flexibility index (Phi) is 4.19. The van der Waals surface area contributed by atoms with Gasteiger partial charge in [0.25, 0.3) is 0 Å². The van der Waals surface area contributed by atoms with E-state index in [0.717, 1.165) is 18.8 Å². The lowest BCUT2D eigenvalue weighted by Crippen LogP contribution is -2.49. The summed E-state index contributed by atoms with van der Waals surface area (Å²) in [6.07, 6.45) is 7.24. The van der Waals surface area contributed by atoms with Gasteiger partial charge in [0.05, 0.1) is 0 Å². The van der Waals surface area contributed by atoms with Gasteiger partial charge >= 0.3 is 0 Å². The Morgan fingerprint density at radius 3 is 2.43 bits per heavy atom. The van der Waals surface area contributed by atoms with Crippen LogP contribution in [-0.4, -0.2) is 6.61 Å². The second kappa shape index (κ2) is 5.94. The van der Waals surface area contributed by atoms with Crippen LogP contribution in [0, 0.1) is 5.92 Å². The molecule has 1 saturated carbocycles. The summed E-state index contributed by atoms with van der Waals surface area (Å²) in [7, 11) is 0. The van der Waals surface area contributed by atoms with Gasteiger partial charge in [-0.15, -0.1) is 0 Å². The zero-order valence-electron chi connectivity index (χ0n) is 13.4. The van der Waals surface area contributed by atoms with Crippen LogP contribution in [0.5, 0.6) is 0 Å². The SMILES string of the molecule is CC(C)=CCCC(C)C1(c2ccc(C3CC3)cc2)COO1. The van der Waals surface area contributed by atoms with E-state index in [1.807, 2.05) is 0 Å². The summed E-state index contributed by atoms with van der Waals surface area (Å²) in [5, 5.41) is 0. The number of hydrogen-bond acceptors (Lipinski definition) is 2. The molecule has 2 atom stereocenters. The third-order valence-corrected chi connectivity index (χ3v) is 4.88. The van der Waals surface area contributed by atoms with Gasteiger partial charge < -0.3 is 0 Å². The maximum absolute atomic E-state index is 5.62. The van der Waals surface area contributed by atoms with E-state index in [2.05, 4.69) is 51.1 Å². The van der Waals surface area contributed by atoms with Crippen LogP contribution in [-0.2, 0) is 15.4 Å². The monoisotopic (exact) mass is 286 g/mol. The lowest BCUT2D eigenvalue weighted by Gasteiger charge is -2.44. The maximum Gasteiger partial charge on any atom is 0.157 e. The van der Waals surface area contributed by atoms with Gasteiger partial charge in [-0.3, -0.25) is 0 Å². The molecule has 114 valence electrons. The molecule has 1 saturated heterocycles. The Labute approximate surface area is 128 Å². The molecule has 2 aliphatic rings. The molecular weight excluding hydrogens is 260 g/mol. The molecular formula is C19H26O2. The largest absolute Gasteiger partial charge is 0.232 e. The first-order chi connectivity index (χ1) is 10.1. The minimum absolute atomic E-state index is 0.239. The Balaban J connectivity index is 1.71. The first-order valence-electron chi connectivity index (χ1n) is 8.16. The molecule has 2 nitrogen and oxygen atoms in total. The molecule has 1 aliphatic carbocycles. The van der Waals surface area contributed by atoms with E-state index in [-0.39, 0.29) is 5.60 Å². The second-order valence-electron chi connectivity index (χ2n) is 6.89. The minimum Gasteiger partial charge on any atom is -0.232 e. The standard InChI is InChI=1S/C19H26O2/c1-14(2)5-4-6-15(3)19(13-20-21-19)18-11-9-17(10-12-18)16-7-8-16/h5,9-12,15-16H,4,6-8,13H2,1-3H3. The highest BCUT2D eigenvalue weighted by molar-refractivity contribution is 5.32. The molecule has 0 N–H and O–H groups in total. The Hall–Kier alpha value is -1.12. The summed E-state index contributed by atoms with van der Waals surface area (Å²) in [5.74, 6) is 1.26. The van der Waals surface area contributed by atoms with E-state index in [0.29, 0.717) is 12.5 Å². The number of benzene rings is 1. The van der Waals surface area contributed by atoms with Crippen LogP contribution in [0.25, 0.3) is 0 Å². The average Bonchev–Trinajstić information content (AvgIpc) is 3.22. The second-order valence-corrected chi connectivity index (χ2v) is 6.89. The summed E-state index contributed by atoms with van der Waals surface area (Å²) >= 11 is 0. The third kappa shape index (κ3) is 3.07. The average molecular weight is 286 g/mol. The van der Waals surface area contributed by atoms with Crippen molar-refractivity contribution in [2.45, 2.75) is 58.0 Å². The molecule has 0 amide bonds. The first-order valence-corrected chi connectivity index (χ1v) is 8.16. The quantitative estimate of drug-likeness (QED) is 0.535. The van der Waals surface area contributed by atoms with E-state index >= 15 is 0 Å². The fourth-order valence-electron chi connectivity index (χ4n) is 3.14. The lowest BCUT2D eigenvalue weighted by atomic mass is 9.79. The predicted octanol–water partition coefficient (Wildman–Crippen LogP) is 5.10. The molecule has 1 aromatic rings. The van der Waals surface area contributed by atoms with Gasteiger partial charge in [-0.05, 0) is 62.5 Å². The van der Waals surface area contributed by atoms with Gasteiger partial charge in [-0.25, -0.2) is 9.78 Å². The summed E-state index contributed by atoms with van der Waals surface area (Å²) in [6.45, 7) is 7.25. The number of rotatable bonds is 6. The van der Waals surface area contributed by atoms with Crippen molar-refractivity contribution in [1.29, 1.82) is 0 Å². The molecule has 2 unspecified atom stereocenters. The van der Waals surface area contributed by atoms with Crippen molar-refractivity contribution in [3.05, 3.63) is 47.0 Å². The van der Waals surface area contributed by atoms with E-state index < -0.39 is 0 Å². The number of hydrogen-bond donors (Lipinski definition) is 0. The van der Waals surface area contributed by atoms with Crippen molar-refractivity contribution in [3.8, 4) is 0 Å². The molecule has 2 heteroatoms. The summed E-state index contributed by atoms with van der Waals surface area (Å²) in [4.78, 5) is 10.7. The zero-order valence-corrected chi connectivity index (χ0v) is 13.4. The highest BCUT2D eigenvalue weighted by Gasteiger charge is 2.47. The summed E-state index contributed by atoms with van der Waals surface area (Å²) in [5.41, 5.74) is 3.89. The molecule has 1 heterocycles. The molecule has 21 heavy (non-hydrogen) atoms. The first kappa shape index (κ1) is 14.8. The van der Waals surface area contributed by atoms with Crippen molar-refractivity contribution in [3.63, 3.8) is 0 Å². The van der Waals surface area contributed by atoms with Crippen molar-refractivity contribution < 1.29 is 9.78 Å². The van der Waals surface area contributed by atoms with Crippen molar-refractivity contribution in [1.82, 2.24) is 0 Å². The molecule has 1 aromatic carbocycles. The summed E-state index contributed by atoms with van der Waals surface area (Å²) < 4.78 is 0. The van der Waals surface area contributed by atoms with Gasteiger partial charge in [0.15, 0.2) is 5.60 Å². The molecule has 1 aliphatic heterocycles. The smallest absolute Gasteiger partial charge is 0.157 e. The Bertz CT molecular complexity index is 503. The van der Waals surface area contributed by atoms with Crippen LogP contribution in [0.15, 0.2) is 35.9 Å². The van der Waals surface area contributed by atoms with Gasteiger partial charge in [-0.1, -0.05) is 42.8 Å². The Morgan fingerprint density at radius 1 is 1.29 bits per heavy atom. The third-order valence-electron chi connectivity index (χ3n) is 4.88. The van der Waals surface area contributed by atoms with Crippen LogP contribution >= 0.6 is 0 Å². The van der Waals surface area contributed by atoms with Gasteiger partial charge in [0, 0.05) is 0 Å². The van der Waals surface area contributed by atoms with Crippen LogP contribution in [0.2, 0.25) is 0 Å². The van der Waals surface area contributed by atoms with E-state index in [1.54, 1.807) is 0 Å². The molecule has 2 fully saturated rings. The molecule has 0 spiro atoms. The Morgan fingerprint density at radius 2 is 1.95 bits per heavy atom. The summed E-state index contributed by atoms with van der Waals surface area (Å²) in [6, 6.07) is 9.04. The van der Waals surface area contributed by atoms with Gasteiger partial charge in [-0.2, -0.15) is 0 Å². The minimum atomic E-state index is -0.239. The van der Waals surface area contributed by atoms with Crippen molar-refractivity contribution in [2.75, 3.05) is 6.61 Å². The topological polar surface area (TPSA) is 18.5 Å². The fourth-order valence-corrected chi connectivity index (χ4v) is 3.14. The highest BCUT2D eigenvalue weighted by Crippen LogP contribution is 2.45. The van der Waals surface area contributed by atoms with Gasteiger partial charge in [0.2, 0.25) is 0 Å². The van der Waals surface area contributed by atoms with Crippen molar-refractivity contribution in [2.24, 2.45) is 5.92 Å².